The van der Waals surface area contributed by atoms with Crippen molar-refractivity contribution >= 4 is 16.9 Å². The zero-order valence-electron chi connectivity index (χ0n) is 16.7. The summed E-state index contributed by atoms with van der Waals surface area (Å²) in [5.41, 5.74) is 3.69. The molecule has 1 saturated heterocycles. The number of imidazole rings is 1. The van der Waals surface area contributed by atoms with Crippen molar-refractivity contribution in [2.45, 2.75) is 33.2 Å². The second-order valence-corrected chi connectivity index (χ2v) is 7.84. The summed E-state index contributed by atoms with van der Waals surface area (Å²) in [6.45, 7) is 5.93. The minimum Gasteiger partial charge on any atom is -0.343 e. The van der Waals surface area contributed by atoms with Gasteiger partial charge in [0.1, 0.15) is 5.82 Å². The first-order valence-corrected chi connectivity index (χ1v) is 9.82. The SMILES string of the molecule is CC(=O)N1CCC[C@@H](Cn2c(-c3cc(C)c(=O)n(C)c3)nc3ccccc32)C1. The van der Waals surface area contributed by atoms with E-state index in [0.717, 1.165) is 54.9 Å². The van der Waals surface area contributed by atoms with E-state index in [1.54, 1.807) is 18.5 Å². The molecule has 1 aliphatic rings. The molecule has 1 aromatic carbocycles. The van der Waals surface area contributed by atoms with Crippen LogP contribution in [0.4, 0.5) is 0 Å². The van der Waals surface area contributed by atoms with Gasteiger partial charge in [-0.2, -0.15) is 0 Å². The molecule has 3 heterocycles. The van der Waals surface area contributed by atoms with Gasteiger partial charge in [-0.1, -0.05) is 12.1 Å². The molecule has 1 fully saturated rings. The molecule has 0 bridgehead atoms. The quantitative estimate of drug-likeness (QED) is 0.704. The Labute approximate surface area is 164 Å². The fraction of sp³-hybridized carbons (Fsp3) is 0.409. The first-order chi connectivity index (χ1) is 13.4. The van der Waals surface area contributed by atoms with Crippen LogP contribution in [-0.4, -0.2) is 38.0 Å². The number of hydrogen-bond acceptors (Lipinski definition) is 3. The van der Waals surface area contributed by atoms with Crippen LogP contribution in [-0.2, 0) is 18.4 Å². The van der Waals surface area contributed by atoms with Crippen molar-refractivity contribution < 1.29 is 4.79 Å². The van der Waals surface area contributed by atoms with Gasteiger partial charge in [-0.3, -0.25) is 9.59 Å². The molecule has 1 atom stereocenters. The Morgan fingerprint density at radius 1 is 1.29 bits per heavy atom. The fourth-order valence-electron chi connectivity index (χ4n) is 4.24. The van der Waals surface area contributed by atoms with Gasteiger partial charge in [0, 0.05) is 50.9 Å². The van der Waals surface area contributed by atoms with Gasteiger partial charge >= 0.3 is 0 Å². The average molecular weight is 378 g/mol. The molecule has 6 nitrogen and oxygen atoms in total. The Bertz CT molecular complexity index is 1070. The molecule has 2 aromatic heterocycles. The molecule has 1 amide bonds. The number of carbonyl (C=O) groups excluding carboxylic acids is 1. The molecular formula is C22H26N4O2. The van der Waals surface area contributed by atoms with E-state index >= 15 is 0 Å². The molecule has 0 saturated carbocycles. The number of pyridine rings is 1. The van der Waals surface area contributed by atoms with E-state index in [1.165, 1.54) is 0 Å². The van der Waals surface area contributed by atoms with Crippen molar-refractivity contribution in [1.82, 2.24) is 19.0 Å². The van der Waals surface area contributed by atoms with Gasteiger partial charge < -0.3 is 14.0 Å². The topological polar surface area (TPSA) is 60.1 Å². The summed E-state index contributed by atoms with van der Waals surface area (Å²) < 4.78 is 3.87. The number of aromatic nitrogens is 3. The highest BCUT2D eigenvalue weighted by Crippen LogP contribution is 2.28. The third-order valence-electron chi connectivity index (χ3n) is 5.68. The predicted molar refractivity (Wildman–Crippen MR) is 110 cm³/mol. The maximum atomic E-state index is 12.1. The molecule has 3 aromatic rings. The number of likely N-dealkylation sites (tertiary alicyclic amines) is 1. The Kier molecular flexibility index (Phi) is 4.79. The predicted octanol–water partition coefficient (Wildman–Crippen LogP) is 2.97. The van der Waals surface area contributed by atoms with Crippen molar-refractivity contribution in [3.8, 4) is 11.4 Å². The number of carbonyl (C=O) groups is 1. The minimum absolute atomic E-state index is 0.00999. The highest BCUT2D eigenvalue weighted by molar-refractivity contribution is 5.80. The van der Waals surface area contributed by atoms with Crippen molar-refractivity contribution in [2.75, 3.05) is 13.1 Å². The van der Waals surface area contributed by atoms with Crippen LogP contribution < -0.4 is 5.56 Å². The second-order valence-electron chi connectivity index (χ2n) is 7.84. The number of amides is 1. The molecule has 6 heteroatoms. The standard InChI is InChI=1S/C22H26N4O2/c1-15-11-18(14-24(3)22(15)28)21-23-19-8-4-5-9-20(19)26(21)13-17-7-6-10-25(12-17)16(2)27/h4-5,8-9,11,14,17H,6-7,10,12-13H2,1-3H3/t17-/m1/s1. The highest BCUT2D eigenvalue weighted by atomic mass is 16.2. The number of nitrogens with zero attached hydrogens (tertiary/aromatic N) is 4. The third-order valence-corrected chi connectivity index (χ3v) is 5.68. The molecule has 28 heavy (non-hydrogen) atoms. The lowest BCUT2D eigenvalue weighted by Crippen LogP contribution is -2.39. The largest absolute Gasteiger partial charge is 0.343 e. The van der Waals surface area contributed by atoms with Crippen molar-refractivity contribution in [3.63, 3.8) is 0 Å². The molecule has 146 valence electrons. The molecule has 0 aliphatic carbocycles. The first kappa shape index (κ1) is 18.5. The van der Waals surface area contributed by atoms with Gasteiger partial charge in [-0.15, -0.1) is 0 Å². The molecule has 0 unspecified atom stereocenters. The Balaban J connectivity index is 1.78. The molecular weight excluding hydrogens is 352 g/mol. The van der Waals surface area contributed by atoms with E-state index in [-0.39, 0.29) is 11.5 Å². The molecule has 0 radical (unpaired) electrons. The van der Waals surface area contributed by atoms with Gasteiger partial charge in [-0.05, 0) is 43.9 Å². The van der Waals surface area contributed by atoms with E-state index in [4.69, 9.17) is 4.98 Å². The second kappa shape index (κ2) is 7.26. The lowest BCUT2D eigenvalue weighted by molar-refractivity contribution is -0.130. The Morgan fingerprint density at radius 2 is 2.07 bits per heavy atom. The smallest absolute Gasteiger partial charge is 0.253 e. The average Bonchev–Trinajstić information content (AvgIpc) is 3.04. The zero-order valence-corrected chi connectivity index (χ0v) is 16.7. The van der Waals surface area contributed by atoms with E-state index < -0.39 is 0 Å². The summed E-state index contributed by atoms with van der Waals surface area (Å²) in [5.74, 6) is 1.41. The normalized spacial score (nSPS) is 17.2. The number of benzene rings is 1. The van der Waals surface area contributed by atoms with Crippen molar-refractivity contribution in [2.24, 2.45) is 13.0 Å². The number of hydrogen-bond donors (Lipinski definition) is 0. The van der Waals surface area contributed by atoms with Gasteiger partial charge in [-0.25, -0.2) is 4.98 Å². The van der Waals surface area contributed by atoms with Crippen LogP contribution >= 0.6 is 0 Å². The Morgan fingerprint density at radius 3 is 2.82 bits per heavy atom. The summed E-state index contributed by atoms with van der Waals surface area (Å²) in [6.07, 6.45) is 3.99. The summed E-state index contributed by atoms with van der Waals surface area (Å²) in [4.78, 5) is 30.8. The molecule has 0 N–H and O–H groups in total. The van der Waals surface area contributed by atoms with Crippen LogP contribution in [0.2, 0.25) is 0 Å². The lowest BCUT2D eigenvalue weighted by Gasteiger charge is -2.32. The monoisotopic (exact) mass is 378 g/mol. The summed E-state index contributed by atoms with van der Waals surface area (Å²) in [6, 6.07) is 10.1. The molecule has 0 spiro atoms. The third kappa shape index (κ3) is 3.35. The summed E-state index contributed by atoms with van der Waals surface area (Å²) in [5, 5.41) is 0. The zero-order chi connectivity index (χ0) is 19.8. The van der Waals surface area contributed by atoms with Crippen LogP contribution in [0.5, 0.6) is 0 Å². The number of para-hydroxylation sites is 2. The van der Waals surface area contributed by atoms with Crippen LogP contribution in [0.25, 0.3) is 22.4 Å². The number of rotatable bonds is 3. The number of piperidine rings is 1. The van der Waals surface area contributed by atoms with Gasteiger partial charge in [0.2, 0.25) is 5.91 Å². The molecule has 4 rings (SSSR count). The summed E-state index contributed by atoms with van der Waals surface area (Å²) >= 11 is 0. The maximum absolute atomic E-state index is 12.1. The van der Waals surface area contributed by atoms with E-state index in [2.05, 4.69) is 10.6 Å². The van der Waals surface area contributed by atoms with Gasteiger partial charge in [0.05, 0.1) is 11.0 Å². The molecule has 1 aliphatic heterocycles. The fourth-order valence-corrected chi connectivity index (χ4v) is 4.24. The van der Waals surface area contributed by atoms with Crippen LogP contribution in [0, 0.1) is 12.8 Å². The van der Waals surface area contributed by atoms with Gasteiger partial charge in [0.15, 0.2) is 0 Å². The number of aryl methyl sites for hydroxylation is 2. The van der Waals surface area contributed by atoms with E-state index in [1.807, 2.05) is 42.3 Å². The van der Waals surface area contributed by atoms with Gasteiger partial charge in [0.25, 0.3) is 5.56 Å². The van der Waals surface area contributed by atoms with Crippen LogP contribution in [0.15, 0.2) is 41.3 Å². The van der Waals surface area contributed by atoms with Crippen molar-refractivity contribution in [1.29, 1.82) is 0 Å². The first-order valence-electron chi connectivity index (χ1n) is 9.82. The van der Waals surface area contributed by atoms with Crippen LogP contribution in [0.3, 0.4) is 0 Å². The maximum Gasteiger partial charge on any atom is 0.253 e. The lowest BCUT2D eigenvalue weighted by atomic mass is 9.97. The van der Waals surface area contributed by atoms with Crippen molar-refractivity contribution in [3.05, 3.63) is 52.4 Å². The summed E-state index contributed by atoms with van der Waals surface area (Å²) in [7, 11) is 1.78. The highest BCUT2D eigenvalue weighted by Gasteiger charge is 2.24. The Hall–Kier alpha value is -2.89. The number of fused-ring (bicyclic) bond motifs is 1. The minimum atomic E-state index is 0.00999. The van der Waals surface area contributed by atoms with E-state index in [0.29, 0.717) is 11.5 Å². The van der Waals surface area contributed by atoms with Crippen LogP contribution in [0.1, 0.15) is 25.3 Å². The van der Waals surface area contributed by atoms with E-state index in [9.17, 15) is 9.59 Å².